The number of hydrogen-bond acceptors (Lipinski definition) is 2. The third kappa shape index (κ3) is 3.79. The molecule has 0 fully saturated rings. The minimum atomic E-state index is -0.175. The average Bonchev–Trinajstić information content (AvgIpc) is 2.16. The van der Waals surface area contributed by atoms with Gasteiger partial charge in [-0.15, -0.1) is 0 Å². The van der Waals surface area contributed by atoms with Crippen molar-refractivity contribution < 1.29 is 4.39 Å². The SMILES string of the molecule is CN(CS)CCc1ccc(F)cc1. The first-order valence-electron chi connectivity index (χ1n) is 4.26. The molecule has 72 valence electrons. The van der Waals surface area contributed by atoms with Gasteiger partial charge in [-0.3, -0.25) is 4.90 Å². The molecule has 3 heteroatoms. The van der Waals surface area contributed by atoms with E-state index in [4.69, 9.17) is 0 Å². The molecule has 0 radical (unpaired) electrons. The number of thiol groups is 1. The summed E-state index contributed by atoms with van der Waals surface area (Å²) in [4.78, 5) is 2.10. The summed E-state index contributed by atoms with van der Waals surface area (Å²) >= 11 is 4.14. The van der Waals surface area contributed by atoms with Gasteiger partial charge in [-0.25, -0.2) is 4.39 Å². The molecule has 0 aliphatic rings. The highest BCUT2D eigenvalue weighted by Gasteiger charge is 1.97. The molecule has 13 heavy (non-hydrogen) atoms. The Morgan fingerprint density at radius 3 is 2.46 bits per heavy atom. The van der Waals surface area contributed by atoms with E-state index in [0.717, 1.165) is 24.4 Å². The fourth-order valence-electron chi connectivity index (χ4n) is 1.04. The van der Waals surface area contributed by atoms with E-state index >= 15 is 0 Å². The molecule has 0 unspecified atom stereocenters. The Balaban J connectivity index is 2.41. The lowest BCUT2D eigenvalue weighted by Crippen LogP contribution is -2.19. The zero-order valence-corrected chi connectivity index (χ0v) is 8.60. The lowest BCUT2D eigenvalue weighted by Gasteiger charge is -2.12. The van der Waals surface area contributed by atoms with Crippen LogP contribution in [0.15, 0.2) is 24.3 Å². The highest BCUT2D eigenvalue weighted by atomic mass is 32.1. The van der Waals surface area contributed by atoms with E-state index in [9.17, 15) is 4.39 Å². The molecule has 0 aliphatic carbocycles. The molecule has 0 saturated heterocycles. The van der Waals surface area contributed by atoms with Gasteiger partial charge >= 0.3 is 0 Å². The van der Waals surface area contributed by atoms with Crippen LogP contribution in [0.4, 0.5) is 4.39 Å². The van der Waals surface area contributed by atoms with Gasteiger partial charge in [0.05, 0.1) is 0 Å². The maximum absolute atomic E-state index is 12.5. The maximum atomic E-state index is 12.5. The molecule has 0 amide bonds. The first kappa shape index (κ1) is 10.5. The van der Waals surface area contributed by atoms with Gasteiger partial charge in [0, 0.05) is 12.4 Å². The van der Waals surface area contributed by atoms with E-state index in [1.54, 1.807) is 0 Å². The van der Waals surface area contributed by atoms with Crippen LogP contribution in [0, 0.1) is 5.82 Å². The van der Waals surface area contributed by atoms with Crippen LogP contribution in [0.1, 0.15) is 5.56 Å². The average molecular weight is 199 g/mol. The van der Waals surface area contributed by atoms with Crippen molar-refractivity contribution in [3.05, 3.63) is 35.6 Å². The molecule has 1 aromatic rings. The monoisotopic (exact) mass is 199 g/mol. The van der Waals surface area contributed by atoms with Gasteiger partial charge < -0.3 is 0 Å². The van der Waals surface area contributed by atoms with Crippen molar-refractivity contribution in [1.82, 2.24) is 4.90 Å². The van der Waals surface area contributed by atoms with Crippen molar-refractivity contribution in [3.63, 3.8) is 0 Å². The Morgan fingerprint density at radius 2 is 1.92 bits per heavy atom. The maximum Gasteiger partial charge on any atom is 0.123 e. The predicted octanol–water partition coefficient (Wildman–Crippen LogP) is 2.19. The number of hydrogen-bond donors (Lipinski definition) is 1. The minimum absolute atomic E-state index is 0.175. The Hall–Kier alpha value is -0.540. The van der Waals surface area contributed by atoms with Crippen molar-refractivity contribution >= 4 is 12.6 Å². The van der Waals surface area contributed by atoms with Gasteiger partial charge in [-0.1, -0.05) is 12.1 Å². The molecule has 1 aromatic carbocycles. The van der Waals surface area contributed by atoms with Crippen molar-refractivity contribution in [2.45, 2.75) is 6.42 Å². The lowest BCUT2D eigenvalue weighted by molar-refractivity contribution is 0.399. The molecule has 0 bridgehead atoms. The normalized spacial score (nSPS) is 10.8. The van der Waals surface area contributed by atoms with Crippen LogP contribution in [0.25, 0.3) is 0 Å². The summed E-state index contributed by atoms with van der Waals surface area (Å²) in [5, 5.41) is 0. The van der Waals surface area contributed by atoms with Gasteiger partial charge in [0.25, 0.3) is 0 Å². The summed E-state index contributed by atoms with van der Waals surface area (Å²) < 4.78 is 12.5. The second-order valence-electron chi connectivity index (χ2n) is 3.10. The van der Waals surface area contributed by atoms with E-state index < -0.39 is 0 Å². The molecular formula is C10H14FNS. The zero-order chi connectivity index (χ0) is 9.68. The third-order valence-electron chi connectivity index (χ3n) is 1.94. The topological polar surface area (TPSA) is 3.24 Å². The Bertz CT molecular complexity index is 248. The quantitative estimate of drug-likeness (QED) is 0.574. The van der Waals surface area contributed by atoms with E-state index in [1.807, 2.05) is 19.2 Å². The van der Waals surface area contributed by atoms with Crippen LogP contribution in [0.3, 0.4) is 0 Å². The van der Waals surface area contributed by atoms with Gasteiger partial charge in [-0.2, -0.15) is 12.6 Å². The molecule has 0 aromatic heterocycles. The molecule has 0 heterocycles. The first-order valence-corrected chi connectivity index (χ1v) is 4.89. The largest absolute Gasteiger partial charge is 0.297 e. The smallest absolute Gasteiger partial charge is 0.123 e. The number of nitrogens with zero attached hydrogens (tertiary/aromatic N) is 1. The van der Waals surface area contributed by atoms with Crippen LogP contribution in [-0.2, 0) is 6.42 Å². The highest BCUT2D eigenvalue weighted by Crippen LogP contribution is 2.04. The van der Waals surface area contributed by atoms with E-state index in [2.05, 4.69) is 17.5 Å². The minimum Gasteiger partial charge on any atom is -0.297 e. The number of benzene rings is 1. The number of rotatable bonds is 4. The Kier molecular flexibility index (Phi) is 4.25. The van der Waals surface area contributed by atoms with Crippen LogP contribution in [0.2, 0.25) is 0 Å². The van der Waals surface area contributed by atoms with Crippen LogP contribution >= 0.6 is 12.6 Å². The van der Waals surface area contributed by atoms with Crippen LogP contribution in [-0.4, -0.2) is 24.4 Å². The summed E-state index contributed by atoms with van der Waals surface area (Å²) in [6.45, 7) is 0.954. The second kappa shape index (κ2) is 5.25. The third-order valence-corrected chi connectivity index (χ3v) is 2.42. The molecule has 0 aliphatic heterocycles. The van der Waals surface area contributed by atoms with Crippen molar-refractivity contribution in [2.24, 2.45) is 0 Å². The first-order chi connectivity index (χ1) is 6.22. The zero-order valence-electron chi connectivity index (χ0n) is 7.70. The summed E-state index contributed by atoms with van der Waals surface area (Å²) in [7, 11) is 2.01. The molecule has 0 N–H and O–H groups in total. The molecule has 0 saturated carbocycles. The second-order valence-corrected chi connectivity index (χ2v) is 3.38. The number of halogens is 1. The summed E-state index contributed by atoms with van der Waals surface area (Å²) in [5.74, 6) is 0.576. The van der Waals surface area contributed by atoms with E-state index in [1.165, 1.54) is 12.1 Å². The predicted molar refractivity (Wildman–Crippen MR) is 56.6 cm³/mol. The Labute approximate surface area is 84.0 Å². The van der Waals surface area contributed by atoms with Crippen molar-refractivity contribution in [1.29, 1.82) is 0 Å². The lowest BCUT2D eigenvalue weighted by atomic mass is 10.1. The van der Waals surface area contributed by atoms with Crippen LogP contribution < -0.4 is 0 Å². The van der Waals surface area contributed by atoms with Gasteiger partial charge in [0.1, 0.15) is 5.82 Å². The summed E-state index contributed by atoms with van der Waals surface area (Å²) in [5.41, 5.74) is 1.16. The van der Waals surface area contributed by atoms with E-state index in [-0.39, 0.29) is 5.82 Å². The van der Waals surface area contributed by atoms with E-state index in [0.29, 0.717) is 0 Å². The van der Waals surface area contributed by atoms with Crippen LogP contribution in [0.5, 0.6) is 0 Å². The molecule has 0 spiro atoms. The summed E-state index contributed by atoms with van der Waals surface area (Å²) in [6.07, 6.45) is 0.942. The van der Waals surface area contributed by atoms with Gasteiger partial charge in [-0.05, 0) is 31.2 Å². The molecule has 1 rings (SSSR count). The number of likely N-dealkylation sites (N-methyl/N-ethyl adjacent to an activating group) is 1. The fourth-order valence-corrected chi connectivity index (χ4v) is 1.18. The molecule has 0 atom stereocenters. The standard InChI is InChI=1S/C10H14FNS/c1-12(8-13)7-6-9-2-4-10(11)5-3-9/h2-5,13H,6-8H2,1H3. The Morgan fingerprint density at radius 1 is 1.31 bits per heavy atom. The molecular weight excluding hydrogens is 185 g/mol. The van der Waals surface area contributed by atoms with Crippen molar-refractivity contribution in [3.8, 4) is 0 Å². The van der Waals surface area contributed by atoms with Crippen molar-refractivity contribution in [2.75, 3.05) is 19.5 Å². The van der Waals surface area contributed by atoms with Gasteiger partial charge in [0.15, 0.2) is 0 Å². The fraction of sp³-hybridized carbons (Fsp3) is 0.400. The molecule has 1 nitrogen and oxygen atoms in total. The van der Waals surface area contributed by atoms with Gasteiger partial charge in [0.2, 0.25) is 0 Å². The summed E-state index contributed by atoms with van der Waals surface area (Å²) in [6, 6.07) is 6.63. The highest BCUT2D eigenvalue weighted by molar-refractivity contribution is 7.80.